The van der Waals surface area contributed by atoms with Crippen LogP contribution >= 0.6 is 0 Å². The van der Waals surface area contributed by atoms with Crippen LogP contribution in [0.1, 0.15) is 5.56 Å². The molecule has 0 unspecified atom stereocenters. The minimum absolute atomic E-state index is 0.232. The van der Waals surface area contributed by atoms with Crippen molar-refractivity contribution in [1.29, 1.82) is 0 Å². The first-order valence-electron chi connectivity index (χ1n) is 5.87. The first-order valence-corrected chi connectivity index (χ1v) is 5.87. The SMILES string of the molecule is O=C1Nc2ccc(F)cc2/C1=C\Nc1ccccc1. The van der Waals surface area contributed by atoms with Crippen molar-refractivity contribution in [2.45, 2.75) is 0 Å². The van der Waals surface area contributed by atoms with E-state index in [1.807, 2.05) is 30.3 Å². The highest BCUT2D eigenvalue weighted by molar-refractivity contribution is 6.31. The molecule has 0 atom stereocenters. The summed E-state index contributed by atoms with van der Waals surface area (Å²) in [6.07, 6.45) is 1.59. The van der Waals surface area contributed by atoms with Crippen LogP contribution in [-0.2, 0) is 4.79 Å². The lowest BCUT2D eigenvalue weighted by atomic mass is 10.1. The van der Waals surface area contributed by atoms with E-state index in [1.54, 1.807) is 12.3 Å². The van der Waals surface area contributed by atoms with Gasteiger partial charge in [-0.3, -0.25) is 4.79 Å². The first-order chi connectivity index (χ1) is 9.24. The van der Waals surface area contributed by atoms with Gasteiger partial charge in [-0.1, -0.05) is 18.2 Å². The molecule has 0 aliphatic carbocycles. The number of fused-ring (bicyclic) bond motifs is 1. The Bertz CT molecular complexity index is 665. The maximum Gasteiger partial charge on any atom is 0.257 e. The lowest BCUT2D eigenvalue weighted by Gasteiger charge is -2.02. The summed E-state index contributed by atoms with van der Waals surface area (Å²) in [6, 6.07) is 13.7. The van der Waals surface area contributed by atoms with Gasteiger partial charge in [0.1, 0.15) is 5.82 Å². The van der Waals surface area contributed by atoms with Gasteiger partial charge < -0.3 is 10.6 Å². The van der Waals surface area contributed by atoms with Crippen molar-refractivity contribution >= 4 is 22.9 Å². The summed E-state index contributed by atoms with van der Waals surface area (Å²) in [5.74, 6) is -0.593. The summed E-state index contributed by atoms with van der Waals surface area (Å²) in [5, 5.41) is 5.73. The van der Waals surface area contributed by atoms with Crippen molar-refractivity contribution < 1.29 is 9.18 Å². The Balaban J connectivity index is 1.93. The molecule has 0 bridgehead atoms. The Morgan fingerprint density at radius 1 is 1.11 bits per heavy atom. The van der Waals surface area contributed by atoms with E-state index in [1.165, 1.54) is 12.1 Å². The van der Waals surface area contributed by atoms with E-state index < -0.39 is 0 Å². The molecule has 2 N–H and O–H groups in total. The number of carbonyl (C=O) groups is 1. The zero-order valence-electron chi connectivity index (χ0n) is 9.98. The molecule has 0 saturated carbocycles. The van der Waals surface area contributed by atoms with E-state index in [4.69, 9.17) is 0 Å². The third-order valence-electron chi connectivity index (χ3n) is 2.92. The van der Waals surface area contributed by atoms with Crippen molar-refractivity contribution in [3.63, 3.8) is 0 Å². The molecule has 2 aromatic carbocycles. The molecule has 0 saturated heterocycles. The van der Waals surface area contributed by atoms with Gasteiger partial charge in [0.05, 0.1) is 5.57 Å². The van der Waals surface area contributed by atoms with E-state index >= 15 is 0 Å². The number of para-hydroxylation sites is 1. The molecule has 0 fully saturated rings. The molecule has 3 nitrogen and oxygen atoms in total. The van der Waals surface area contributed by atoms with Crippen LogP contribution in [0.4, 0.5) is 15.8 Å². The van der Waals surface area contributed by atoms with E-state index in [0.717, 1.165) is 5.69 Å². The highest BCUT2D eigenvalue weighted by atomic mass is 19.1. The van der Waals surface area contributed by atoms with Gasteiger partial charge in [0.2, 0.25) is 0 Å². The number of halogens is 1. The Kier molecular flexibility index (Phi) is 2.76. The molecule has 0 spiro atoms. The molecular weight excluding hydrogens is 243 g/mol. The summed E-state index contributed by atoms with van der Waals surface area (Å²) >= 11 is 0. The zero-order chi connectivity index (χ0) is 13.2. The normalized spacial score (nSPS) is 15.2. The summed E-state index contributed by atoms with van der Waals surface area (Å²) in [4.78, 5) is 11.8. The number of hydrogen-bond donors (Lipinski definition) is 2. The van der Waals surface area contributed by atoms with Crippen LogP contribution in [0.2, 0.25) is 0 Å². The molecule has 0 radical (unpaired) electrons. The third-order valence-corrected chi connectivity index (χ3v) is 2.92. The number of benzene rings is 2. The third kappa shape index (κ3) is 2.20. The molecular formula is C15H11FN2O. The minimum atomic E-state index is -0.360. The van der Waals surface area contributed by atoms with Crippen LogP contribution in [-0.4, -0.2) is 5.91 Å². The van der Waals surface area contributed by atoms with Crippen molar-refractivity contribution in [3.8, 4) is 0 Å². The second kappa shape index (κ2) is 4.57. The molecule has 3 rings (SSSR count). The van der Waals surface area contributed by atoms with E-state index in [0.29, 0.717) is 16.8 Å². The van der Waals surface area contributed by atoms with Crippen LogP contribution in [0.3, 0.4) is 0 Å². The molecule has 4 heteroatoms. The van der Waals surface area contributed by atoms with E-state index in [2.05, 4.69) is 10.6 Å². The van der Waals surface area contributed by atoms with Gasteiger partial charge in [0.25, 0.3) is 5.91 Å². The highest BCUT2D eigenvalue weighted by Gasteiger charge is 2.24. The molecule has 94 valence electrons. The van der Waals surface area contributed by atoms with Crippen molar-refractivity contribution in [2.75, 3.05) is 10.6 Å². The van der Waals surface area contributed by atoms with Gasteiger partial charge in [-0.05, 0) is 30.3 Å². The number of rotatable bonds is 2. The van der Waals surface area contributed by atoms with Gasteiger partial charge in [0, 0.05) is 23.1 Å². The quantitative estimate of drug-likeness (QED) is 0.808. The fraction of sp³-hybridized carbons (Fsp3) is 0. The number of anilines is 2. The zero-order valence-corrected chi connectivity index (χ0v) is 9.98. The second-order valence-corrected chi connectivity index (χ2v) is 4.21. The highest BCUT2D eigenvalue weighted by Crippen LogP contribution is 2.32. The van der Waals surface area contributed by atoms with Crippen LogP contribution < -0.4 is 10.6 Å². The first kappa shape index (κ1) is 11.5. The largest absolute Gasteiger partial charge is 0.361 e. The summed E-state index contributed by atoms with van der Waals surface area (Å²) in [7, 11) is 0. The topological polar surface area (TPSA) is 41.1 Å². The predicted molar refractivity (Wildman–Crippen MR) is 73.1 cm³/mol. The van der Waals surface area contributed by atoms with E-state index in [-0.39, 0.29) is 11.7 Å². The summed E-state index contributed by atoms with van der Waals surface area (Å²) < 4.78 is 13.2. The van der Waals surface area contributed by atoms with Crippen molar-refractivity contribution in [3.05, 3.63) is 66.1 Å². The molecule has 1 aliphatic heterocycles. The monoisotopic (exact) mass is 254 g/mol. The van der Waals surface area contributed by atoms with Gasteiger partial charge in [0.15, 0.2) is 0 Å². The van der Waals surface area contributed by atoms with Crippen LogP contribution in [0.5, 0.6) is 0 Å². The molecule has 2 aromatic rings. The maximum atomic E-state index is 13.2. The number of carbonyl (C=O) groups excluding carboxylic acids is 1. The fourth-order valence-corrected chi connectivity index (χ4v) is 1.99. The Labute approximate surface area is 109 Å². The second-order valence-electron chi connectivity index (χ2n) is 4.21. The summed E-state index contributed by atoms with van der Waals surface area (Å²) in [6.45, 7) is 0. The Hall–Kier alpha value is -2.62. The average molecular weight is 254 g/mol. The van der Waals surface area contributed by atoms with Gasteiger partial charge in [-0.25, -0.2) is 4.39 Å². The summed E-state index contributed by atoms with van der Waals surface area (Å²) in [5.41, 5.74) is 2.51. The standard InChI is InChI=1S/C15H11FN2O/c16-10-6-7-14-12(8-10)13(15(19)18-14)9-17-11-4-2-1-3-5-11/h1-9,17H,(H,18,19)/b13-9+. The molecule has 1 amide bonds. The maximum absolute atomic E-state index is 13.2. The van der Waals surface area contributed by atoms with Crippen LogP contribution in [0.15, 0.2) is 54.7 Å². The fourth-order valence-electron chi connectivity index (χ4n) is 1.99. The molecule has 19 heavy (non-hydrogen) atoms. The lowest BCUT2D eigenvalue weighted by molar-refractivity contribution is -0.110. The average Bonchev–Trinajstić information content (AvgIpc) is 2.73. The lowest BCUT2D eigenvalue weighted by Crippen LogP contribution is -2.05. The number of amides is 1. The minimum Gasteiger partial charge on any atom is -0.361 e. The molecule has 1 aliphatic rings. The van der Waals surface area contributed by atoms with E-state index in [9.17, 15) is 9.18 Å². The predicted octanol–water partition coefficient (Wildman–Crippen LogP) is 3.23. The Morgan fingerprint density at radius 3 is 2.68 bits per heavy atom. The van der Waals surface area contributed by atoms with Crippen LogP contribution in [0.25, 0.3) is 5.57 Å². The van der Waals surface area contributed by atoms with Gasteiger partial charge in [-0.2, -0.15) is 0 Å². The van der Waals surface area contributed by atoms with Crippen molar-refractivity contribution in [1.82, 2.24) is 0 Å². The van der Waals surface area contributed by atoms with Gasteiger partial charge in [-0.15, -0.1) is 0 Å². The number of hydrogen-bond acceptors (Lipinski definition) is 2. The Morgan fingerprint density at radius 2 is 1.89 bits per heavy atom. The molecule has 0 aromatic heterocycles. The molecule has 1 heterocycles. The van der Waals surface area contributed by atoms with Gasteiger partial charge >= 0.3 is 0 Å². The smallest absolute Gasteiger partial charge is 0.257 e. The van der Waals surface area contributed by atoms with Crippen molar-refractivity contribution in [2.24, 2.45) is 0 Å². The number of nitrogens with one attached hydrogen (secondary N) is 2. The van der Waals surface area contributed by atoms with Crippen LogP contribution in [0, 0.1) is 5.82 Å².